The summed E-state index contributed by atoms with van der Waals surface area (Å²) in [5.41, 5.74) is 3.48. The molecule has 100 valence electrons. The van der Waals surface area contributed by atoms with Crippen LogP contribution in [0, 0.1) is 6.92 Å². The number of aromatic nitrogens is 2. The van der Waals surface area contributed by atoms with E-state index in [0.29, 0.717) is 12.1 Å². The largest absolute Gasteiger partial charge is 0.348 e. The molecule has 0 bridgehead atoms. The number of aromatic amines is 1. The molecule has 3 aromatic rings. The van der Waals surface area contributed by atoms with Crippen molar-refractivity contribution < 1.29 is 4.79 Å². The molecule has 1 aromatic heterocycles. The normalized spacial score (nSPS) is 10.7. The third-order valence-electron chi connectivity index (χ3n) is 3.16. The zero-order chi connectivity index (χ0) is 13.9. The minimum atomic E-state index is -0.0805. The number of benzene rings is 2. The first kappa shape index (κ1) is 12.4. The summed E-state index contributed by atoms with van der Waals surface area (Å²) < 4.78 is 0. The van der Waals surface area contributed by atoms with Gasteiger partial charge in [-0.15, -0.1) is 0 Å². The molecule has 0 saturated heterocycles. The molecule has 2 N–H and O–H groups in total. The van der Waals surface area contributed by atoms with E-state index in [2.05, 4.69) is 15.3 Å². The summed E-state index contributed by atoms with van der Waals surface area (Å²) in [5, 5.41) is 2.91. The Labute approximate surface area is 116 Å². The van der Waals surface area contributed by atoms with E-state index in [9.17, 15) is 4.79 Å². The van der Waals surface area contributed by atoms with Gasteiger partial charge in [-0.05, 0) is 30.7 Å². The molecule has 0 saturated carbocycles. The molecule has 0 radical (unpaired) electrons. The summed E-state index contributed by atoms with van der Waals surface area (Å²) in [6.07, 6.45) is 0. The highest BCUT2D eigenvalue weighted by molar-refractivity contribution is 5.97. The van der Waals surface area contributed by atoms with Crippen molar-refractivity contribution in [2.75, 3.05) is 0 Å². The van der Waals surface area contributed by atoms with E-state index in [1.807, 2.05) is 49.4 Å². The minimum absolute atomic E-state index is 0.0805. The summed E-state index contributed by atoms with van der Waals surface area (Å²) in [5.74, 6) is 0.768. The summed E-state index contributed by atoms with van der Waals surface area (Å²) in [4.78, 5) is 19.6. The van der Waals surface area contributed by atoms with Crippen LogP contribution in [-0.2, 0) is 6.54 Å². The van der Waals surface area contributed by atoms with Crippen LogP contribution in [0.5, 0.6) is 0 Å². The van der Waals surface area contributed by atoms with Gasteiger partial charge in [-0.3, -0.25) is 4.79 Å². The lowest BCUT2D eigenvalue weighted by atomic mass is 10.1. The third-order valence-corrected chi connectivity index (χ3v) is 3.16. The van der Waals surface area contributed by atoms with Gasteiger partial charge in [0.05, 0.1) is 11.0 Å². The van der Waals surface area contributed by atoms with E-state index in [1.165, 1.54) is 0 Å². The first-order valence-electron chi connectivity index (χ1n) is 6.51. The van der Waals surface area contributed by atoms with Gasteiger partial charge in [-0.1, -0.05) is 30.3 Å². The van der Waals surface area contributed by atoms with Gasteiger partial charge in [0.2, 0.25) is 0 Å². The Morgan fingerprint density at radius 3 is 2.80 bits per heavy atom. The first-order valence-corrected chi connectivity index (χ1v) is 6.51. The second-order valence-corrected chi connectivity index (χ2v) is 4.72. The molecule has 1 amide bonds. The van der Waals surface area contributed by atoms with Crippen molar-refractivity contribution >= 4 is 16.9 Å². The zero-order valence-corrected chi connectivity index (χ0v) is 11.2. The fraction of sp³-hybridized carbons (Fsp3) is 0.125. The lowest BCUT2D eigenvalue weighted by Crippen LogP contribution is -2.22. The van der Waals surface area contributed by atoms with Crippen LogP contribution < -0.4 is 5.32 Å². The van der Waals surface area contributed by atoms with E-state index in [0.717, 1.165) is 22.4 Å². The molecule has 0 atom stereocenters. The molecule has 3 rings (SSSR count). The number of H-pyrrole nitrogens is 1. The average molecular weight is 265 g/mol. The predicted octanol–water partition coefficient (Wildman–Crippen LogP) is 2.80. The van der Waals surface area contributed by atoms with Gasteiger partial charge in [0, 0.05) is 12.1 Å². The van der Waals surface area contributed by atoms with Crippen LogP contribution in [0.4, 0.5) is 0 Å². The van der Waals surface area contributed by atoms with Crippen LogP contribution in [-0.4, -0.2) is 15.9 Å². The Balaban J connectivity index is 1.75. The quantitative estimate of drug-likeness (QED) is 0.765. The van der Waals surface area contributed by atoms with Crippen LogP contribution in [0.2, 0.25) is 0 Å². The van der Waals surface area contributed by atoms with Gasteiger partial charge in [0.15, 0.2) is 0 Å². The second-order valence-electron chi connectivity index (χ2n) is 4.72. The Kier molecular flexibility index (Phi) is 3.21. The highest BCUT2D eigenvalue weighted by Gasteiger charge is 2.07. The smallest absolute Gasteiger partial charge is 0.251 e. The molecule has 0 fully saturated rings. The molecule has 0 unspecified atom stereocenters. The van der Waals surface area contributed by atoms with Crippen molar-refractivity contribution in [3.05, 3.63) is 65.5 Å². The number of carbonyl (C=O) groups is 1. The number of nitrogens with one attached hydrogen (secondary N) is 2. The molecule has 1 heterocycles. The third kappa shape index (κ3) is 2.54. The van der Waals surface area contributed by atoms with Crippen LogP contribution in [0.25, 0.3) is 11.0 Å². The highest BCUT2D eigenvalue weighted by Crippen LogP contribution is 2.13. The Bertz CT molecular complexity index is 747. The van der Waals surface area contributed by atoms with Crippen molar-refractivity contribution in [2.24, 2.45) is 0 Å². The molecule has 0 aliphatic carbocycles. The molecule has 0 aliphatic rings. The van der Waals surface area contributed by atoms with Crippen LogP contribution in [0.15, 0.2) is 48.5 Å². The monoisotopic (exact) mass is 265 g/mol. The number of amides is 1. The number of fused-ring (bicyclic) bond motifs is 1. The SMILES string of the molecule is Cc1nc2ccc(C(=O)NCc3ccccc3)cc2[nH]1. The van der Waals surface area contributed by atoms with Gasteiger partial charge >= 0.3 is 0 Å². The highest BCUT2D eigenvalue weighted by atomic mass is 16.1. The topological polar surface area (TPSA) is 57.8 Å². The van der Waals surface area contributed by atoms with Crippen molar-refractivity contribution in [1.29, 1.82) is 0 Å². The summed E-state index contributed by atoms with van der Waals surface area (Å²) in [6, 6.07) is 15.3. The van der Waals surface area contributed by atoms with Gasteiger partial charge in [0.25, 0.3) is 5.91 Å². The van der Waals surface area contributed by atoms with E-state index >= 15 is 0 Å². The van der Waals surface area contributed by atoms with Crippen LogP contribution >= 0.6 is 0 Å². The van der Waals surface area contributed by atoms with Crippen molar-refractivity contribution in [3.8, 4) is 0 Å². The first-order chi connectivity index (χ1) is 9.72. The maximum Gasteiger partial charge on any atom is 0.251 e. The number of imidazole rings is 1. The molecule has 4 nitrogen and oxygen atoms in total. The predicted molar refractivity (Wildman–Crippen MR) is 78.4 cm³/mol. The molecular formula is C16H15N3O. The fourth-order valence-corrected chi connectivity index (χ4v) is 2.16. The number of nitrogens with zero attached hydrogens (tertiary/aromatic N) is 1. The van der Waals surface area contributed by atoms with Gasteiger partial charge in [-0.25, -0.2) is 4.98 Å². The molecule has 20 heavy (non-hydrogen) atoms. The van der Waals surface area contributed by atoms with Crippen molar-refractivity contribution in [3.63, 3.8) is 0 Å². The fourth-order valence-electron chi connectivity index (χ4n) is 2.16. The zero-order valence-electron chi connectivity index (χ0n) is 11.2. The minimum Gasteiger partial charge on any atom is -0.348 e. The standard InChI is InChI=1S/C16H15N3O/c1-11-18-14-8-7-13(9-15(14)19-11)16(20)17-10-12-5-3-2-4-6-12/h2-9H,10H2,1H3,(H,17,20)(H,18,19). The molecule has 0 aliphatic heterocycles. The lowest BCUT2D eigenvalue weighted by molar-refractivity contribution is 0.0951. The Morgan fingerprint density at radius 1 is 1.20 bits per heavy atom. The molecule has 4 heteroatoms. The van der Waals surface area contributed by atoms with Gasteiger partial charge in [-0.2, -0.15) is 0 Å². The van der Waals surface area contributed by atoms with E-state index in [-0.39, 0.29) is 5.91 Å². The Morgan fingerprint density at radius 2 is 2.00 bits per heavy atom. The van der Waals surface area contributed by atoms with Crippen LogP contribution in [0.1, 0.15) is 21.7 Å². The lowest BCUT2D eigenvalue weighted by Gasteiger charge is -2.05. The summed E-state index contributed by atoms with van der Waals surface area (Å²) in [7, 11) is 0. The van der Waals surface area contributed by atoms with Gasteiger partial charge in [0.1, 0.15) is 5.82 Å². The van der Waals surface area contributed by atoms with E-state index in [1.54, 1.807) is 6.07 Å². The average Bonchev–Trinajstić information content (AvgIpc) is 2.85. The number of hydrogen-bond acceptors (Lipinski definition) is 2. The number of rotatable bonds is 3. The molecule has 2 aromatic carbocycles. The van der Waals surface area contributed by atoms with E-state index in [4.69, 9.17) is 0 Å². The second kappa shape index (κ2) is 5.17. The van der Waals surface area contributed by atoms with Crippen molar-refractivity contribution in [2.45, 2.75) is 13.5 Å². The summed E-state index contributed by atoms with van der Waals surface area (Å²) >= 11 is 0. The Hall–Kier alpha value is -2.62. The maximum absolute atomic E-state index is 12.1. The summed E-state index contributed by atoms with van der Waals surface area (Å²) in [6.45, 7) is 2.43. The number of aryl methyl sites for hydroxylation is 1. The van der Waals surface area contributed by atoms with Crippen LogP contribution in [0.3, 0.4) is 0 Å². The maximum atomic E-state index is 12.1. The van der Waals surface area contributed by atoms with Crippen molar-refractivity contribution in [1.82, 2.24) is 15.3 Å². The molecule has 0 spiro atoms. The number of carbonyl (C=O) groups excluding carboxylic acids is 1. The van der Waals surface area contributed by atoms with E-state index < -0.39 is 0 Å². The molecular weight excluding hydrogens is 250 g/mol. The number of hydrogen-bond donors (Lipinski definition) is 2. The van der Waals surface area contributed by atoms with Gasteiger partial charge < -0.3 is 10.3 Å².